The number of hydrogen-bond donors (Lipinski definition) is 2. The van der Waals surface area contributed by atoms with Gasteiger partial charge in [-0.25, -0.2) is 0 Å². The van der Waals surface area contributed by atoms with Gasteiger partial charge >= 0.3 is 0 Å². The zero-order chi connectivity index (χ0) is 11.5. The second kappa shape index (κ2) is 2.90. The number of ether oxygens (including phenoxy) is 2. The van der Waals surface area contributed by atoms with E-state index in [2.05, 4.69) is 5.32 Å². The lowest BCUT2D eigenvalue weighted by atomic mass is 9.80. The summed E-state index contributed by atoms with van der Waals surface area (Å²) in [5.41, 5.74) is -1.62. The van der Waals surface area contributed by atoms with Crippen LogP contribution in [0.5, 0.6) is 0 Å². The van der Waals surface area contributed by atoms with E-state index in [1.165, 1.54) is 0 Å². The summed E-state index contributed by atoms with van der Waals surface area (Å²) in [6.07, 6.45) is -1.29. The van der Waals surface area contributed by atoms with Gasteiger partial charge in [0.1, 0.15) is 0 Å². The van der Waals surface area contributed by atoms with Crippen LogP contribution in [0.1, 0.15) is 6.42 Å². The predicted molar refractivity (Wildman–Crippen MR) is 46.6 cm³/mol. The van der Waals surface area contributed by atoms with Crippen molar-refractivity contribution in [2.24, 2.45) is 5.92 Å². The molecule has 0 aromatic rings. The van der Waals surface area contributed by atoms with E-state index >= 15 is 0 Å². The maximum atomic E-state index is 11.5. The van der Waals surface area contributed by atoms with Crippen LogP contribution in [0.2, 0.25) is 0 Å². The monoisotopic (exact) mass is 230 g/mol. The first kappa shape index (κ1) is 9.94. The highest BCUT2D eigenvalue weighted by molar-refractivity contribution is 5.82. The number of hydrogen-bond acceptors (Lipinski definition) is 6. The Kier molecular flexibility index (Phi) is 1.80. The highest BCUT2D eigenvalue weighted by Gasteiger charge is 2.63. The Morgan fingerprint density at radius 3 is 3.06 bits per heavy atom. The first-order chi connectivity index (χ1) is 7.51. The van der Waals surface area contributed by atoms with Crippen molar-refractivity contribution >= 4 is 5.91 Å². The average molecular weight is 230 g/mol. The largest absolute Gasteiger partial charge is 0.366 e. The molecule has 0 aliphatic carbocycles. The van der Waals surface area contributed by atoms with Crippen LogP contribution in [0.3, 0.4) is 0 Å². The van der Waals surface area contributed by atoms with Crippen molar-refractivity contribution in [3.8, 4) is 0 Å². The molecule has 3 rings (SSSR count). The number of carbonyl (C=O) groups excluding carboxylic acids is 1. The summed E-state index contributed by atoms with van der Waals surface area (Å²) in [4.78, 5) is 21.7. The number of carbonyl (C=O) groups is 1. The third-order valence-electron chi connectivity index (χ3n) is 3.37. The van der Waals surface area contributed by atoms with Gasteiger partial charge in [0.05, 0.1) is 18.6 Å². The molecule has 8 heteroatoms. The number of fused-ring (bicyclic) bond motifs is 6. The van der Waals surface area contributed by atoms with E-state index in [4.69, 9.17) is 9.47 Å². The Hall–Kier alpha value is -1.25. The van der Waals surface area contributed by atoms with Crippen LogP contribution in [0.4, 0.5) is 0 Å². The maximum absolute atomic E-state index is 11.5. The molecule has 4 unspecified atom stereocenters. The van der Waals surface area contributed by atoms with Crippen LogP contribution < -0.4 is 5.32 Å². The molecule has 0 spiro atoms. The van der Waals surface area contributed by atoms with E-state index in [1.807, 2.05) is 0 Å². The van der Waals surface area contributed by atoms with Crippen molar-refractivity contribution in [2.45, 2.75) is 30.6 Å². The molecule has 1 amide bonds. The van der Waals surface area contributed by atoms with E-state index < -0.39 is 40.9 Å². The van der Waals surface area contributed by atoms with Crippen molar-refractivity contribution < 1.29 is 24.3 Å². The second-order valence-electron chi connectivity index (χ2n) is 4.35. The molecule has 3 aliphatic heterocycles. The zero-order valence-electron chi connectivity index (χ0n) is 8.16. The number of rotatable bonds is 1. The summed E-state index contributed by atoms with van der Waals surface area (Å²) in [7, 11) is 0. The quantitative estimate of drug-likeness (QED) is 0.406. The first-order valence-corrected chi connectivity index (χ1v) is 4.96. The standard InChI is InChI=1S/C8H10N2O6/c11-6-5(10(13)14)3-1-8(12,9-6)7-15-2-4(3)16-7/h3-5,7,12H,1-2H2,(H,9,11)/t3?,4?,5-,7?,8?/m1/s1. The van der Waals surface area contributed by atoms with E-state index in [0.717, 1.165) is 0 Å². The van der Waals surface area contributed by atoms with Crippen molar-refractivity contribution in [3.05, 3.63) is 10.1 Å². The molecule has 0 aromatic heterocycles. The molecule has 3 saturated heterocycles. The SMILES string of the molecule is O=C1NC2(O)CC(C3COC2O3)[C@H]1[N+](=O)[O-]. The molecule has 0 radical (unpaired) electrons. The van der Waals surface area contributed by atoms with Crippen molar-refractivity contribution in [3.63, 3.8) is 0 Å². The molecule has 5 atom stereocenters. The number of aliphatic hydroxyl groups is 1. The summed E-state index contributed by atoms with van der Waals surface area (Å²) in [6, 6.07) is -1.37. The number of nitro groups is 1. The summed E-state index contributed by atoms with van der Waals surface area (Å²) in [6.45, 7) is 0.178. The molecule has 88 valence electrons. The Bertz CT molecular complexity index is 374. The molecule has 3 fully saturated rings. The van der Waals surface area contributed by atoms with Gasteiger partial charge < -0.3 is 19.9 Å². The molecule has 0 saturated carbocycles. The third-order valence-corrected chi connectivity index (χ3v) is 3.37. The fourth-order valence-corrected chi connectivity index (χ4v) is 2.64. The minimum absolute atomic E-state index is 0.0969. The van der Waals surface area contributed by atoms with Crippen molar-refractivity contribution in [1.82, 2.24) is 5.32 Å². The van der Waals surface area contributed by atoms with Gasteiger partial charge in [-0.2, -0.15) is 0 Å². The van der Waals surface area contributed by atoms with Gasteiger partial charge in [-0.1, -0.05) is 0 Å². The molecular formula is C8H10N2O6. The summed E-state index contributed by atoms with van der Waals surface area (Å²) < 4.78 is 10.5. The van der Waals surface area contributed by atoms with Crippen LogP contribution in [0.25, 0.3) is 0 Å². The van der Waals surface area contributed by atoms with Gasteiger partial charge in [-0.05, 0) is 0 Å². The Balaban J connectivity index is 1.99. The molecule has 16 heavy (non-hydrogen) atoms. The van der Waals surface area contributed by atoms with Gasteiger partial charge in [0, 0.05) is 11.3 Å². The topological polar surface area (TPSA) is 111 Å². The molecule has 2 N–H and O–H groups in total. The van der Waals surface area contributed by atoms with Crippen LogP contribution in [-0.4, -0.2) is 46.7 Å². The van der Waals surface area contributed by atoms with E-state index in [9.17, 15) is 20.0 Å². The lowest BCUT2D eigenvalue weighted by Crippen LogP contribution is -2.70. The van der Waals surface area contributed by atoms with Crippen LogP contribution in [-0.2, 0) is 14.3 Å². The van der Waals surface area contributed by atoms with Gasteiger partial charge in [-0.15, -0.1) is 0 Å². The molecule has 3 heterocycles. The summed E-state index contributed by atoms with van der Waals surface area (Å²) >= 11 is 0. The number of nitrogens with zero attached hydrogens (tertiary/aromatic N) is 1. The Morgan fingerprint density at radius 2 is 2.38 bits per heavy atom. The Labute approximate surface area is 89.7 Å². The molecule has 0 aromatic carbocycles. The van der Waals surface area contributed by atoms with Gasteiger partial charge in [0.25, 0.3) is 11.9 Å². The average Bonchev–Trinajstić information content (AvgIpc) is 2.60. The molecular weight excluding hydrogens is 220 g/mol. The number of piperidine rings is 1. The molecule has 3 aliphatic rings. The van der Waals surface area contributed by atoms with Crippen LogP contribution >= 0.6 is 0 Å². The van der Waals surface area contributed by atoms with Crippen molar-refractivity contribution in [2.75, 3.05) is 6.61 Å². The highest BCUT2D eigenvalue weighted by Crippen LogP contribution is 2.42. The van der Waals surface area contributed by atoms with Crippen molar-refractivity contribution in [1.29, 1.82) is 0 Å². The minimum atomic E-state index is -1.62. The maximum Gasteiger partial charge on any atom is 0.297 e. The lowest BCUT2D eigenvalue weighted by molar-refractivity contribution is -0.526. The second-order valence-corrected chi connectivity index (χ2v) is 4.35. The fourth-order valence-electron chi connectivity index (χ4n) is 2.64. The van der Waals surface area contributed by atoms with Crippen LogP contribution in [0, 0.1) is 16.0 Å². The van der Waals surface area contributed by atoms with E-state index in [1.54, 1.807) is 0 Å². The summed E-state index contributed by atoms with van der Waals surface area (Å²) in [5.74, 6) is -1.40. The third kappa shape index (κ3) is 1.11. The molecule has 4 bridgehead atoms. The van der Waals surface area contributed by atoms with E-state index in [0.29, 0.717) is 0 Å². The number of amides is 1. The van der Waals surface area contributed by atoms with E-state index in [-0.39, 0.29) is 13.0 Å². The molecule has 8 nitrogen and oxygen atoms in total. The minimum Gasteiger partial charge on any atom is -0.366 e. The normalized spacial score (nSPS) is 49.9. The highest BCUT2D eigenvalue weighted by atomic mass is 16.7. The lowest BCUT2D eigenvalue weighted by Gasteiger charge is -2.44. The zero-order valence-corrected chi connectivity index (χ0v) is 8.16. The Morgan fingerprint density at radius 1 is 1.62 bits per heavy atom. The van der Waals surface area contributed by atoms with Gasteiger partial charge in [-0.3, -0.25) is 14.9 Å². The van der Waals surface area contributed by atoms with Gasteiger partial charge in [0.15, 0.2) is 5.72 Å². The predicted octanol–water partition coefficient (Wildman–Crippen LogP) is -1.79. The first-order valence-electron chi connectivity index (χ1n) is 4.96. The fraction of sp³-hybridized carbons (Fsp3) is 0.875. The summed E-state index contributed by atoms with van der Waals surface area (Å²) in [5, 5.41) is 23.1. The van der Waals surface area contributed by atoms with Gasteiger partial charge in [0.2, 0.25) is 6.29 Å². The number of nitrogens with one attached hydrogen (secondary N) is 1. The van der Waals surface area contributed by atoms with Crippen LogP contribution in [0.15, 0.2) is 0 Å². The smallest absolute Gasteiger partial charge is 0.297 e.